The van der Waals surface area contributed by atoms with Crippen molar-refractivity contribution >= 4 is 38.1 Å². The summed E-state index contributed by atoms with van der Waals surface area (Å²) < 4.78 is 39.2. The molecule has 0 bridgehead atoms. The average molecular weight is 610 g/mol. The van der Waals surface area contributed by atoms with Gasteiger partial charge in [-0.1, -0.05) is 48.5 Å². The van der Waals surface area contributed by atoms with E-state index in [1.165, 1.54) is 33.3 Å². The van der Waals surface area contributed by atoms with Crippen molar-refractivity contribution in [2.24, 2.45) is 0 Å². The predicted octanol–water partition coefficient (Wildman–Crippen LogP) is 6.40. The third-order valence-electron chi connectivity index (χ3n) is 7.87. The highest BCUT2D eigenvalue weighted by Crippen LogP contribution is 2.43. The van der Waals surface area contributed by atoms with Crippen molar-refractivity contribution < 1.29 is 22.7 Å². The van der Waals surface area contributed by atoms with Crippen LogP contribution in [0.25, 0.3) is 22.4 Å². The van der Waals surface area contributed by atoms with Gasteiger partial charge in [-0.25, -0.2) is 13.4 Å². The lowest BCUT2D eigenvalue weighted by Crippen LogP contribution is -2.29. The smallest absolute Gasteiger partial charge is 0.264 e. The Balaban J connectivity index is 1.10. The fraction of sp³-hybridized carbons (Fsp3) is 0.152. The van der Waals surface area contributed by atoms with Gasteiger partial charge in [0.25, 0.3) is 15.9 Å². The molecule has 1 amide bonds. The minimum atomic E-state index is -3.82. The summed E-state index contributed by atoms with van der Waals surface area (Å²) in [6, 6.07) is 25.8. The third kappa shape index (κ3) is 4.72. The molecule has 0 atom stereocenters. The number of ether oxygens (including phenoxy) is 2. The fourth-order valence-electron chi connectivity index (χ4n) is 5.73. The molecule has 0 radical (unpaired) electrons. The maximum absolute atomic E-state index is 13.5. The number of aromatic nitrogens is 1. The second-order valence-corrected chi connectivity index (χ2v) is 13.3. The average Bonchev–Trinajstić information content (AvgIpc) is 3.73. The Bertz CT molecular complexity index is 2020. The molecular weight excluding hydrogens is 583 g/mol. The van der Waals surface area contributed by atoms with Gasteiger partial charge in [0, 0.05) is 29.0 Å². The monoisotopic (exact) mass is 609 g/mol. The molecule has 5 aromatic rings. The fourth-order valence-corrected chi connectivity index (χ4v) is 8.27. The molecule has 0 fully saturated rings. The summed E-state index contributed by atoms with van der Waals surface area (Å²) in [6.07, 6.45) is 1.37. The van der Waals surface area contributed by atoms with Crippen LogP contribution in [0.1, 0.15) is 26.4 Å². The Morgan fingerprint density at radius 3 is 2.51 bits per heavy atom. The van der Waals surface area contributed by atoms with Crippen LogP contribution in [0.3, 0.4) is 0 Å². The minimum Gasteiger partial charge on any atom is -0.493 e. The van der Waals surface area contributed by atoms with E-state index >= 15 is 0 Å². The number of fused-ring (bicyclic) bond motifs is 4. The molecule has 1 aromatic heterocycles. The van der Waals surface area contributed by atoms with Gasteiger partial charge in [-0.3, -0.25) is 14.4 Å². The highest BCUT2D eigenvalue weighted by atomic mass is 32.2. The van der Waals surface area contributed by atoms with Crippen LogP contribution in [0, 0.1) is 0 Å². The number of methoxy groups -OCH3 is 2. The second kappa shape index (κ2) is 10.6. The third-order valence-corrected chi connectivity index (χ3v) is 10.7. The first-order chi connectivity index (χ1) is 20.9. The Morgan fingerprint density at radius 2 is 1.67 bits per heavy atom. The zero-order chi connectivity index (χ0) is 29.7. The zero-order valence-corrected chi connectivity index (χ0v) is 25.1. The molecule has 2 heterocycles. The SMILES string of the molecule is COc1ccc(-c2ccc3c(c2)Cc2sc(NC(=O)c4cccc(S(=O)(=O)N5CCc6ccccc65)c4)nc2-3)cc1OC. The molecule has 7 rings (SSSR count). The summed E-state index contributed by atoms with van der Waals surface area (Å²) in [5, 5.41) is 3.36. The van der Waals surface area contributed by atoms with Crippen LogP contribution < -0.4 is 19.1 Å². The number of rotatable bonds is 7. The first-order valence-corrected chi connectivity index (χ1v) is 16.0. The van der Waals surface area contributed by atoms with E-state index in [0.29, 0.717) is 41.7 Å². The summed E-state index contributed by atoms with van der Waals surface area (Å²) in [5.41, 5.74) is 7.09. The van der Waals surface area contributed by atoms with Gasteiger partial charge < -0.3 is 9.47 Å². The van der Waals surface area contributed by atoms with Gasteiger partial charge in [-0.05, 0) is 65.1 Å². The van der Waals surface area contributed by atoms with Crippen LogP contribution in [0.15, 0.2) is 89.8 Å². The Labute approximate surface area is 253 Å². The second-order valence-electron chi connectivity index (χ2n) is 10.3. The van der Waals surface area contributed by atoms with E-state index in [4.69, 9.17) is 14.5 Å². The Morgan fingerprint density at radius 1 is 0.884 bits per heavy atom. The molecule has 10 heteroatoms. The van der Waals surface area contributed by atoms with Gasteiger partial charge in [-0.15, -0.1) is 11.3 Å². The number of nitrogens with one attached hydrogen (secondary N) is 1. The summed E-state index contributed by atoms with van der Waals surface area (Å²) in [6.45, 7) is 0.375. The molecule has 1 aliphatic carbocycles. The van der Waals surface area contributed by atoms with Crippen molar-refractivity contribution in [1.29, 1.82) is 0 Å². The summed E-state index contributed by atoms with van der Waals surface area (Å²) in [7, 11) is -0.578. The van der Waals surface area contributed by atoms with Crippen molar-refractivity contribution in [2.45, 2.75) is 17.7 Å². The number of hydrogen-bond acceptors (Lipinski definition) is 7. The topological polar surface area (TPSA) is 97.8 Å². The first kappa shape index (κ1) is 27.2. The number of thiazole rings is 1. The maximum atomic E-state index is 13.5. The van der Waals surface area contributed by atoms with Crippen LogP contribution in [-0.2, 0) is 22.9 Å². The quantitative estimate of drug-likeness (QED) is 0.225. The summed E-state index contributed by atoms with van der Waals surface area (Å²) in [4.78, 5) is 19.1. The number of benzene rings is 4. The van der Waals surface area contributed by atoms with Crippen LogP contribution >= 0.6 is 11.3 Å². The van der Waals surface area contributed by atoms with Gasteiger partial charge in [0.05, 0.1) is 30.5 Å². The number of hydrogen-bond donors (Lipinski definition) is 1. The van der Waals surface area contributed by atoms with E-state index in [-0.39, 0.29) is 10.5 Å². The van der Waals surface area contributed by atoms with Crippen molar-refractivity contribution in [1.82, 2.24) is 4.98 Å². The lowest BCUT2D eigenvalue weighted by molar-refractivity contribution is 0.102. The van der Waals surface area contributed by atoms with Crippen molar-refractivity contribution in [3.63, 3.8) is 0 Å². The minimum absolute atomic E-state index is 0.0812. The van der Waals surface area contributed by atoms with Crippen LogP contribution in [-0.4, -0.2) is 40.1 Å². The first-order valence-electron chi connectivity index (χ1n) is 13.7. The Kier molecular flexibility index (Phi) is 6.67. The normalized spacial score (nSPS) is 13.3. The van der Waals surface area contributed by atoms with E-state index in [2.05, 4.69) is 23.5 Å². The summed E-state index contributed by atoms with van der Waals surface area (Å²) in [5.74, 6) is 0.945. The van der Waals surface area contributed by atoms with E-state index in [9.17, 15) is 13.2 Å². The van der Waals surface area contributed by atoms with Crippen LogP contribution in [0.4, 0.5) is 10.8 Å². The molecule has 43 heavy (non-hydrogen) atoms. The van der Waals surface area contributed by atoms with Gasteiger partial charge in [0.1, 0.15) is 0 Å². The van der Waals surface area contributed by atoms with Gasteiger partial charge in [0.15, 0.2) is 16.6 Å². The van der Waals surface area contributed by atoms with Crippen molar-refractivity contribution in [3.05, 3.63) is 106 Å². The number of carbonyl (C=O) groups excluding carboxylic acids is 1. The number of sulfonamides is 1. The van der Waals surface area contributed by atoms with E-state index in [0.717, 1.165) is 32.8 Å². The molecule has 0 spiro atoms. The van der Waals surface area contributed by atoms with Gasteiger partial charge >= 0.3 is 0 Å². The number of nitrogens with zero attached hydrogens (tertiary/aromatic N) is 2. The molecule has 4 aromatic carbocycles. The molecular formula is C33H27N3O5S2. The van der Waals surface area contributed by atoms with E-state index in [1.807, 2.05) is 42.5 Å². The molecule has 0 saturated heterocycles. The predicted molar refractivity (Wildman–Crippen MR) is 168 cm³/mol. The van der Waals surface area contributed by atoms with E-state index < -0.39 is 15.9 Å². The standard InChI is InChI=1S/C33H27N3O5S2/c1-40-28-13-11-22(18-29(28)41-2)21-10-12-26-24(16-21)19-30-31(26)34-33(42-30)35-32(37)23-7-5-8-25(17-23)43(38,39)36-15-14-20-6-3-4-9-27(20)36/h3-13,16-18H,14-15,19H2,1-2H3,(H,34,35,37). The number of anilines is 2. The number of carbonyl (C=O) groups is 1. The highest BCUT2D eigenvalue weighted by molar-refractivity contribution is 7.92. The maximum Gasteiger partial charge on any atom is 0.264 e. The molecule has 0 unspecified atom stereocenters. The van der Waals surface area contributed by atoms with Crippen molar-refractivity contribution in [2.75, 3.05) is 30.4 Å². The molecule has 0 saturated carbocycles. The zero-order valence-electron chi connectivity index (χ0n) is 23.5. The Hall–Kier alpha value is -4.67. The lowest BCUT2D eigenvalue weighted by atomic mass is 10.00. The van der Waals surface area contributed by atoms with Crippen LogP contribution in [0.5, 0.6) is 11.5 Å². The number of para-hydroxylation sites is 1. The molecule has 216 valence electrons. The molecule has 1 N–H and O–H groups in total. The highest BCUT2D eigenvalue weighted by Gasteiger charge is 2.31. The van der Waals surface area contributed by atoms with Gasteiger partial charge in [0.2, 0.25) is 0 Å². The molecule has 8 nitrogen and oxygen atoms in total. The molecule has 2 aliphatic rings. The number of amides is 1. The van der Waals surface area contributed by atoms with Crippen LogP contribution in [0.2, 0.25) is 0 Å². The van der Waals surface area contributed by atoms with E-state index in [1.54, 1.807) is 26.4 Å². The largest absolute Gasteiger partial charge is 0.493 e. The summed E-state index contributed by atoms with van der Waals surface area (Å²) >= 11 is 1.43. The van der Waals surface area contributed by atoms with Crippen molar-refractivity contribution in [3.8, 4) is 33.9 Å². The van der Waals surface area contributed by atoms with Gasteiger partial charge in [-0.2, -0.15) is 0 Å². The molecule has 1 aliphatic heterocycles. The lowest BCUT2D eigenvalue weighted by Gasteiger charge is -2.19.